The van der Waals surface area contributed by atoms with Crippen LogP contribution < -0.4 is 9.64 Å². The Morgan fingerprint density at radius 1 is 1.21 bits per heavy atom. The van der Waals surface area contributed by atoms with Crippen molar-refractivity contribution in [3.05, 3.63) is 59.4 Å². The molecule has 1 aromatic carbocycles. The van der Waals surface area contributed by atoms with Crippen molar-refractivity contribution in [1.82, 2.24) is 14.8 Å². The van der Waals surface area contributed by atoms with Crippen molar-refractivity contribution in [2.75, 3.05) is 18.1 Å². The van der Waals surface area contributed by atoms with Crippen LogP contribution in [0.15, 0.2) is 47.6 Å². The summed E-state index contributed by atoms with van der Waals surface area (Å²) in [5.41, 5.74) is 4.66. The van der Waals surface area contributed by atoms with Gasteiger partial charge in [-0.2, -0.15) is 10.1 Å². The standard InChI is InChI=1S/C25H27N5O3/c1-15-14-30-21-7-5-4-6-17(21)12-23(30)28-24(32)18-10-16(2)27-20(11-18)19-13-26-29(3)25(19)33-9-8-22(15)31/h4-7,10-11,13,15,22,31H,8-9,12,14H2,1-3H3/t15-,22-/m1/s1. The minimum atomic E-state index is -0.571. The Balaban J connectivity index is 1.62. The maximum absolute atomic E-state index is 13.3. The Hall–Kier alpha value is -3.52. The summed E-state index contributed by atoms with van der Waals surface area (Å²) in [4.78, 5) is 24.5. The van der Waals surface area contributed by atoms with E-state index in [1.165, 1.54) is 0 Å². The number of aromatic nitrogens is 3. The lowest BCUT2D eigenvalue weighted by atomic mass is 10.0. The van der Waals surface area contributed by atoms with Gasteiger partial charge in [0.2, 0.25) is 5.88 Å². The van der Waals surface area contributed by atoms with Gasteiger partial charge in [0.05, 0.1) is 30.2 Å². The molecule has 8 heteroatoms. The predicted octanol–water partition coefficient (Wildman–Crippen LogP) is 3.17. The van der Waals surface area contributed by atoms with Crippen LogP contribution >= 0.6 is 0 Å². The van der Waals surface area contributed by atoms with Gasteiger partial charge in [0, 0.05) is 49.3 Å². The summed E-state index contributed by atoms with van der Waals surface area (Å²) in [6.07, 6.45) is 2.17. The van der Waals surface area contributed by atoms with Crippen LogP contribution in [0.2, 0.25) is 0 Å². The first kappa shape index (κ1) is 21.3. The average Bonchev–Trinajstić information content (AvgIpc) is 3.33. The van der Waals surface area contributed by atoms with Crippen LogP contribution in [0.5, 0.6) is 5.88 Å². The SMILES string of the molecule is Cc1cc2cc(n1)-c1cnn(C)c1OCC[C@@H](O)[C@H](C)CN1C(=NC2=O)Cc2ccccc21. The number of aliphatic imine (C=N–C) groups is 1. The summed E-state index contributed by atoms with van der Waals surface area (Å²) >= 11 is 0. The van der Waals surface area contributed by atoms with Crippen molar-refractivity contribution in [2.24, 2.45) is 18.0 Å². The molecular formula is C25H27N5O3. The molecule has 33 heavy (non-hydrogen) atoms. The van der Waals surface area contributed by atoms with E-state index in [2.05, 4.69) is 26.0 Å². The molecule has 2 bridgehead atoms. The number of aryl methyl sites for hydroxylation is 2. The molecule has 3 aromatic rings. The molecule has 8 nitrogen and oxygen atoms in total. The Morgan fingerprint density at radius 2 is 2.03 bits per heavy atom. The highest BCUT2D eigenvalue weighted by Gasteiger charge is 2.30. The van der Waals surface area contributed by atoms with Gasteiger partial charge in [0.1, 0.15) is 5.84 Å². The molecule has 0 unspecified atom stereocenters. The van der Waals surface area contributed by atoms with Gasteiger partial charge in [-0.3, -0.25) is 9.78 Å². The van der Waals surface area contributed by atoms with Gasteiger partial charge in [-0.15, -0.1) is 0 Å². The number of para-hydroxylation sites is 1. The monoisotopic (exact) mass is 445 g/mol. The van der Waals surface area contributed by atoms with Gasteiger partial charge in [0.15, 0.2) is 0 Å². The number of fused-ring (bicyclic) bond motifs is 7. The summed E-state index contributed by atoms with van der Waals surface area (Å²) in [7, 11) is 1.80. The second-order valence-corrected chi connectivity index (χ2v) is 8.80. The number of aliphatic hydroxyl groups excluding tert-OH is 1. The molecule has 2 aliphatic rings. The van der Waals surface area contributed by atoms with E-state index >= 15 is 0 Å². The number of ether oxygens (including phenoxy) is 1. The Labute approximate surface area is 192 Å². The lowest BCUT2D eigenvalue weighted by Gasteiger charge is -2.27. The number of carbonyl (C=O) groups excluding carboxylic acids is 1. The molecule has 0 saturated heterocycles. The molecule has 0 fully saturated rings. The second kappa shape index (κ2) is 8.44. The molecule has 0 spiro atoms. The van der Waals surface area contributed by atoms with Gasteiger partial charge in [0.25, 0.3) is 5.91 Å². The van der Waals surface area contributed by atoms with Crippen molar-refractivity contribution >= 4 is 17.4 Å². The number of nitrogens with zero attached hydrogens (tertiary/aromatic N) is 5. The summed E-state index contributed by atoms with van der Waals surface area (Å²) in [6.45, 7) is 4.76. The fourth-order valence-corrected chi connectivity index (χ4v) is 4.49. The van der Waals surface area contributed by atoms with E-state index in [0.29, 0.717) is 60.2 Å². The zero-order valence-corrected chi connectivity index (χ0v) is 19.0. The van der Waals surface area contributed by atoms with Crippen molar-refractivity contribution in [3.63, 3.8) is 0 Å². The smallest absolute Gasteiger partial charge is 0.278 e. The third-order valence-electron chi connectivity index (χ3n) is 6.31. The van der Waals surface area contributed by atoms with Gasteiger partial charge >= 0.3 is 0 Å². The van der Waals surface area contributed by atoms with E-state index in [0.717, 1.165) is 11.3 Å². The first-order valence-electron chi connectivity index (χ1n) is 11.2. The largest absolute Gasteiger partial charge is 0.477 e. The summed E-state index contributed by atoms with van der Waals surface area (Å²) in [5, 5.41) is 15.2. The van der Waals surface area contributed by atoms with Crippen molar-refractivity contribution in [3.8, 4) is 17.1 Å². The minimum Gasteiger partial charge on any atom is -0.477 e. The van der Waals surface area contributed by atoms with Crippen LogP contribution in [0.25, 0.3) is 11.3 Å². The molecule has 1 amide bonds. The van der Waals surface area contributed by atoms with Crippen molar-refractivity contribution < 1.29 is 14.6 Å². The molecular weight excluding hydrogens is 418 g/mol. The molecule has 1 N–H and O–H groups in total. The zero-order chi connectivity index (χ0) is 23.1. The second-order valence-electron chi connectivity index (χ2n) is 8.80. The van der Waals surface area contributed by atoms with Gasteiger partial charge in [-0.05, 0) is 30.7 Å². The van der Waals surface area contributed by atoms with E-state index in [9.17, 15) is 9.90 Å². The molecule has 4 heterocycles. The van der Waals surface area contributed by atoms with Crippen LogP contribution in [-0.2, 0) is 13.5 Å². The van der Waals surface area contributed by atoms with Crippen LogP contribution in [-0.4, -0.2) is 50.9 Å². The molecule has 5 rings (SSSR count). The van der Waals surface area contributed by atoms with E-state index in [-0.39, 0.29) is 11.8 Å². The Kier molecular flexibility index (Phi) is 5.46. The lowest BCUT2D eigenvalue weighted by Crippen LogP contribution is -2.37. The molecule has 0 aliphatic carbocycles. The van der Waals surface area contributed by atoms with Gasteiger partial charge in [-0.25, -0.2) is 4.68 Å². The van der Waals surface area contributed by atoms with Crippen LogP contribution in [0.4, 0.5) is 5.69 Å². The topological polar surface area (TPSA) is 92.8 Å². The van der Waals surface area contributed by atoms with Crippen LogP contribution in [0, 0.1) is 12.8 Å². The fraction of sp³-hybridized carbons (Fsp3) is 0.360. The average molecular weight is 446 g/mol. The zero-order valence-electron chi connectivity index (χ0n) is 19.0. The number of aliphatic hydroxyl groups is 1. The molecule has 0 radical (unpaired) electrons. The van der Waals surface area contributed by atoms with E-state index in [4.69, 9.17) is 4.74 Å². The van der Waals surface area contributed by atoms with Crippen molar-refractivity contribution in [1.29, 1.82) is 0 Å². The van der Waals surface area contributed by atoms with E-state index in [1.54, 1.807) is 30.1 Å². The third kappa shape index (κ3) is 4.02. The number of amidine groups is 1. The lowest BCUT2D eigenvalue weighted by molar-refractivity contribution is 0.0921. The minimum absolute atomic E-state index is 0.0545. The molecule has 2 aliphatic heterocycles. The number of rotatable bonds is 0. The highest BCUT2D eigenvalue weighted by Crippen LogP contribution is 2.32. The first-order valence-corrected chi connectivity index (χ1v) is 11.2. The van der Waals surface area contributed by atoms with Gasteiger partial charge in [-0.1, -0.05) is 25.1 Å². The number of pyridine rings is 1. The molecule has 2 atom stereocenters. The molecule has 0 saturated carbocycles. The Bertz CT molecular complexity index is 1250. The quantitative estimate of drug-likeness (QED) is 0.571. The predicted molar refractivity (Wildman–Crippen MR) is 126 cm³/mol. The first-order chi connectivity index (χ1) is 15.9. The normalized spacial score (nSPS) is 20.7. The third-order valence-corrected chi connectivity index (χ3v) is 6.31. The molecule has 2 aromatic heterocycles. The van der Waals surface area contributed by atoms with Crippen LogP contribution in [0.1, 0.15) is 35.0 Å². The highest BCUT2D eigenvalue weighted by molar-refractivity contribution is 6.12. The number of benzene rings is 1. The Morgan fingerprint density at radius 3 is 2.88 bits per heavy atom. The fourth-order valence-electron chi connectivity index (χ4n) is 4.49. The maximum Gasteiger partial charge on any atom is 0.278 e. The number of hydrogen-bond donors (Lipinski definition) is 1. The molecule has 170 valence electrons. The maximum atomic E-state index is 13.3. The van der Waals surface area contributed by atoms with Gasteiger partial charge < -0.3 is 14.7 Å². The van der Waals surface area contributed by atoms with E-state index in [1.807, 2.05) is 32.0 Å². The summed E-state index contributed by atoms with van der Waals surface area (Å²) in [6, 6.07) is 11.6. The summed E-state index contributed by atoms with van der Waals surface area (Å²) < 4.78 is 7.67. The number of carbonyl (C=O) groups is 1. The highest BCUT2D eigenvalue weighted by atomic mass is 16.5. The number of amides is 1. The number of anilines is 1. The summed E-state index contributed by atoms with van der Waals surface area (Å²) in [5.74, 6) is 0.886. The number of hydrogen-bond acceptors (Lipinski definition) is 6. The van der Waals surface area contributed by atoms with Crippen LogP contribution in [0.3, 0.4) is 0 Å². The van der Waals surface area contributed by atoms with Crippen molar-refractivity contribution in [2.45, 2.75) is 32.8 Å². The van der Waals surface area contributed by atoms with E-state index < -0.39 is 6.10 Å².